The zero-order valence-corrected chi connectivity index (χ0v) is 13.6. The molecular weight excluding hydrogens is 317 g/mol. The Morgan fingerprint density at radius 2 is 1.75 bits per heavy atom. The van der Waals surface area contributed by atoms with Gasteiger partial charge in [0.15, 0.2) is 0 Å². The SMILES string of the molecule is CN1C[C@@H]2CN(C(=O)C3(c4cccc(C(F)(F)F)c4)CC3)C[C@@H]2C1. The zero-order valence-electron chi connectivity index (χ0n) is 13.6. The van der Waals surface area contributed by atoms with Crippen LogP contribution in [0.2, 0.25) is 0 Å². The van der Waals surface area contributed by atoms with Crippen LogP contribution in [-0.2, 0) is 16.4 Å². The molecule has 1 saturated carbocycles. The summed E-state index contributed by atoms with van der Waals surface area (Å²) >= 11 is 0. The van der Waals surface area contributed by atoms with Crippen molar-refractivity contribution in [2.24, 2.45) is 11.8 Å². The fraction of sp³-hybridized carbons (Fsp3) is 0.611. The van der Waals surface area contributed by atoms with Crippen LogP contribution < -0.4 is 0 Å². The van der Waals surface area contributed by atoms with Crippen LogP contribution in [0.25, 0.3) is 0 Å². The van der Waals surface area contributed by atoms with Crippen molar-refractivity contribution >= 4 is 5.91 Å². The van der Waals surface area contributed by atoms with Gasteiger partial charge in [0, 0.05) is 26.2 Å². The molecule has 1 aliphatic carbocycles. The maximum absolute atomic E-state index is 13.0. The van der Waals surface area contributed by atoms with E-state index in [9.17, 15) is 18.0 Å². The molecule has 1 aromatic rings. The van der Waals surface area contributed by atoms with E-state index in [0.29, 0.717) is 30.2 Å². The summed E-state index contributed by atoms with van der Waals surface area (Å²) in [4.78, 5) is 17.2. The Morgan fingerprint density at radius 3 is 2.29 bits per heavy atom. The molecule has 1 aromatic carbocycles. The van der Waals surface area contributed by atoms with Crippen molar-refractivity contribution in [2.45, 2.75) is 24.4 Å². The van der Waals surface area contributed by atoms with Crippen LogP contribution in [0.5, 0.6) is 0 Å². The number of alkyl halides is 3. The van der Waals surface area contributed by atoms with Gasteiger partial charge in [-0.3, -0.25) is 4.79 Å². The third-order valence-electron chi connectivity index (χ3n) is 5.86. The number of hydrogen-bond donors (Lipinski definition) is 0. The molecule has 1 amide bonds. The fourth-order valence-corrected chi connectivity index (χ4v) is 4.44. The van der Waals surface area contributed by atoms with Crippen LogP contribution in [0.15, 0.2) is 24.3 Å². The normalized spacial score (nSPS) is 28.9. The third kappa shape index (κ3) is 2.51. The molecule has 3 nitrogen and oxygen atoms in total. The van der Waals surface area contributed by atoms with Crippen molar-refractivity contribution in [1.82, 2.24) is 9.80 Å². The standard InChI is InChI=1S/C18H21F3N2O/c1-22-8-12-10-23(11-13(12)9-22)16(24)17(5-6-17)14-3-2-4-15(7-14)18(19,20)21/h2-4,7,12-13H,5-6,8-11H2,1H3/t12-,13+. The topological polar surface area (TPSA) is 23.6 Å². The first-order valence-electron chi connectivity index (χ1n) is 8.45. The summed E-state index contributed by atoms with van der Waals surface area (Å²) in [6, 6.07) is 5.32. The zero-order chi connectivity index (χ0) is 17.1. The number of benzene rings is 1. The lowest BCUT2D eigenvalue weighted by Gasteiger charge is -2.25. The van der Waals surface area contributed by atoms with Crippen LogP contribution in [0.1, 0.15) is 24.0 Å². The smallest absolute Gasteiger partial charge is 0.341 e. The maximum atomic E-state index is 13.0. The Kier molecular flexibility index (Phi) is 3.46. The molecule has 2 atom stereocenters. The van der Waals surface area contributed by atoms with Crippen LogP contribution in [0.4, 0.5) is 13.2 Å². The van der Waals surface area contributed by atoms with Gasteiger partial charge in [-0.25, -0.2) is 0 Å². The lowest BCUT2D eigenvalue weighted by atomic mass is 9.92. The lowest BCUT2D eigenvalue weighted by molar-refractivity contribution is -0.138. The summed E-state index contributed by atoms with van der Waals surface area (Å²) in [6.07, 6.45) is -3.07. The van der Waals surface area contributed by atoms with E-state index in [0.717, 1.165) is 38.3 Å². The van der Waals surface area contributed by atoms with E-state index >= 15 is 0 Å². The minimum absolute atomic E-state index is 0.0267. The molecule has 4 rings (SSSR count). The van der Waals surface area contributed by atoms with E-state index in [-0.39, 0.29) is 5.91 Å². The molecule has 6 heteroatoms. The monoisotopic (exact) mass is 338 g/mol. The van der Waals surface area contributed by atoms with Crippen LogP contribution >= 0.6 is 0 Å². The van der Waals surface area contributed by atoms with E-state index < -0.39 is 17.2 Å². The number of carbonyl (C=O) groups excluding carboxylic acids is 1. The molecule has 24 heavy (non-hydrogen) atoms. The van der Waals surface area contributed by atoms with Gasteiger partial charge in [-0.2, -0.15) is 13.2 Å². The summed E-state index contributed by atoms with van der Waals surface area (Å²) in [7, 11) is 2.09. The van der Waals surface area contributed by atoms with Crippen molar-refractivity contribution in [3.05, 3.63) is 35.4 Å². The highest BCUT2D eigenvalue weighted by Crippen LogP contribution is 2.51. The number of hydrogen-bond acceptors (Lipinski definition) is 2. The number of carbonyl (C=O) groups is 1. The van der Waals surface area contributed by atoms with Crippen LogP contribution in [0, 0.1) is 11.8 Å². The summed E-state index contributed by atoms with van der Waals surface area (Å²) in [5, 5.41) is 0. The quantitative estimate of drug-likeness (QED) is 0.828. The van der Waals surface area contributed by atoms with E-state index in [1.807, 2.05) is 4.90 Å². The first-order chi connectivity index (χ1) is 11.3. The average molecular weight is 338 g/mol. The predicted molar refractivity (Wildman–Crippen MR) is 83.4 cm³/mol. The minimum atomic E-state index is -4.37. The predicted octanol–water partition coefficient (Wildman–Crippen LogP) is 2.76. The molecule has 0 radical (unpaired) electrons. The van der Waals surface area contributed by atoms with Crippen LogP contribution in [0.3, 0.4) is 0 Å². The van der Waals surface area contributed by atoms with Gasteiger partial charge >= 0.3 is 6.18 Å². The highest BCUT2D eigenvalue weighted by Gasteiger charge is 2.55. The molecule has 0 bridgehead atoms. The highest BCUT2D eigenvalue weighted by molar-refractivity contribution is 5.91. The Bertz CT molecular complexity index is 654. The van der Waals surface area contributed by atoms with Gasteiger partial charge in [-0.1, -0.05) is 18.2 Å². The molecule has 2 aliphatic heterocycles. The van der Waals surface area contributed by atoms with E-state index in [1.54, 1.807) is 6.07 Å². The Balaban J connectivity index is 1.55. The van der Waals surface area contributed by atoms with Gasteiger partial charge in [-0.05, 0) is 43.4 Å². The van der Waals surface area contributed by atoms with Gasteiger partial charge in [0.25, 0.3) is 0 Å². The van der Waals surface area contributed by atoms with Crippen LogP contribution in [-0.4, -0.2) is 48.9 Å². The summed E-state index contributed by atoms with van der Waals surface area (Å²) in [6.45, 7) is 3.50. The van der Waals surface area contributed by atoms with Crippen molar-refractivity contribution in [3.8, 4) is 0 Å². The van der Waals surface area contributed by atoms with Crippen molar-refractivity contribution in [2.75, 3.05) is 33.2 Å². The van der Waals surface area contributed by atoms with Gasteiger partial charge in [0.05, 0.1) is 11.0 Å². The number of rotatable bonds is 2. The summed E-state index contributed by atoms with van der Waals surface area (Å²) in [5.74, 6) is 1.05. The van der Waals surface area contributed by atoms with Crippen molar-refractivity contribution in [1.29, 1.82) is 0 Å². The van der Waals surface area contributed by atoms with Crippen molar-refractivity contribution in [3.63, 3.8) is 0 Å². The molecule has 0 spiro atoms. The van der Waals surface area contributed by atoms with Crippen molar-refractivity contribution < 1.29 is 18.0 Å². The fourth-order valence-electron chi connectivity index (χ4n) is 4.44. The number of amides is 1. The minimum Gasteiger partial charge on any atom is -0.341 e. The van der Waals surface area contributed by atoms with Gasteiger partial charge < -0.3 is 9.80 Å². The number of halogens is 3. The highest BCUT2D eigenvalue weighted by atomic mass is 19.4. The Labute approximate surface area is 139 Å². The molecule has 0 unspecified atom stereocenters. The second kappa shape index (κ2) is 5.22. The largest absolute Gasteiger partial charge is 0.416 e. The first-order valence-corrected chi connectivity index (χ1v) is 8.45. The van der Waals surface area contributed by atoms with Gasteiger partial charge in [0.1, 0.15) is 0 Å². The molecule has 0 aromatic heterocycles. The molecule has 2 heterocycles. The lowest BCUT2D eigenvalue weighted by Crippen LogP contribution is -2.39. The molecule has 3 aliphatic rings. The summed E-state index contributed by atoms with van der Waals surface area (Å²) < 4.78 is 38.9. The maximum Gasteiger partial charge on any atom is 0.416 e. The second-order valence-corrected chi connectivity index (χ2v) is 7.61. The Hall–Kier alpha value is -1.56. The number of nitrogens with zero attached hydrogens (tertiary/aromatic N) is 2. The van der Waals surface area contributed by atoms with E-state index in [2.05, 4.69) is 11.9 Å². The summed E-state index contributed by atoms with van der Waals surface area (Å²) in [5.41, 5.74) is -0.860. The average Bonchev–Trinajstić information content (AvgIpc) is 3.13. The Morgan fingerprint density at radius 1 is 1.12 bits per heavy atom. The van der Waals surface area contributed by atoms with Gasteiger partial charge in [-0.15, -0.1) is 0 Å². The van der Waals surface area contributed by atoms with E-state index in [4.69, 9.17) is 0 Å². The van der Waals surface area contributed by atoms with E-state index in [1.165, 1.54) is 6.07 Å². The first kappa shape index (κ1) is 15.9. The molecule has 0 N–H and O–H groups in total. The molecule has 130 valence electrons. The van der Waals surface area contributed by atoms with Gasteiger partial charge in [0.2, 0.25) is 5.91 Å². The third-order valence-corrected chi connectivity index (χ3v) is 5.86. The molecule has 3 fully saturated rings. The molecule has 2 saturated heterocycles. The number of fused-ring (bicyclic) bond motifs is 1. The number of likely N-dealkylation sites (tertiary alicyclic amines) is 2. The second-order valence-electron chi connectivity index (χ2n) is 7.61. The molecular formula is C18H21F3N2O.